The Morgan fingerprint density at radius 3 is 2.03 bits per heavy atom. The standard InChI is InChI=1S/C19H25N3O2.2C2HF3O2/c1-2-7-20-17(4-1)12-22-9-11-23-16-19(15-22)6-8-21(14-19)13-18-5-3-10-24-18;2*3-2(4,5)1(6)7/h1-5,7,10H,6,8-9,11-16H2;2*(H,6,7). The molecule has 38 heavy (non-hydrogen) atoms. The minimum absolute atomic E-state index is 0.234. The second-order valence-electron chi connectivity index (χ2n) is 8.73. The fourth-order valence-electron chi connectivity index (χ4n) is 3.97. The van der Waals surface area contributed by atoms with E-state index >= 15 is 0 Å². The van der Waals surface area contributed by atoms with Gasteiger partial charge < -0.3 is 19.4 Å². The van der Waals surface area contributed by atoms with Crippen LogP contribution in [-0.4, -0.2) is 88.7 Å². The molecule has 2 aliphatic heterocycles. The number of rotatable bonds is 4. The van der Waals surface area contributed by atoms with Crippen molar-refractivity contribution in [3.05, 3.63) is 54.2 Å². The van der Waals surface area contributed by atoms with Gasteiger partial charge in [-0.15, -0.1) is 0 Å². The van der Waals surface area contributed by atoms with Crippen LogP contribution in [0.4, 0.5) is 26.3 Å². The maximum absolute atomic E-state index is 10.6. The molecule has 2 aromatic rings. The minimum atomic E-state index is -5.08. The second-order valence-corrected chi connectivity index (χ2v) is 8.73. The molecule has 2 fully saturated rings. The maximum Gasteiger partial charge on any atom is 0.490 e. The largest absolute Gasteiger partial charge is 0.490 e. The van der Waals surface area contributed by atoms with Crippen molar-refractivity contribution in [2.75, 3.05) is 39.4 Å². The summed E-state index contributed by atoms with van der Waals surface area (Å²) in [6.07, 6.45) is -5.35. The first-order valence-electron chi connectivity index (χ1n) is 11.3. The zero-order chi connectivity index (χ0) is 28.4. The number of ether oxygens (including phenoxy) is 1. The van der Waals surface area contributed by atoms with Gasteiger partial charge in [-0.1, -0.05) is 6.07 Å². The van der Waals surface area contributed by atoms with Gasteiger partial charge in [0, 0.05) is 37.8 Å². The molecule has 4 heterocycles. The maximum atomic E-state index is 10.6. The third-order valence-electron chi connectivity index (χ3n) is 5.59. The number of carboxylic acids is 2. The van der Waals surface area contributed by atoms with Crippen molar-refractivity contribution in [1.82, 2.24) is 14.8 Å². The van der Waals surface area contributed by atoms with E-state index < -0.39 is 24.3 Å². The summed E-state index contributed by atoms with van der Waals surface area (Å²) in [5, 5.41) is 14.2. The molecule has 2 saturated heterocycles. The summed E-state index contributed by atoms with van der Waals surface area (Å²) in [5.41, 5.74) is 1.37. The molecule has 0 bridgehead atoms. The molecule has 2 aliphatic rings. The van der Waals surface area contributed by atoms with Gasteiger partial charge in [0.2, 0.25) is 0 Å². The number of hydrogen-bond acceptors (Lipinski definition) is 7. The van der Waals surface area contributed by atoms with Gasteiger partial charge in [0.15, 0.2) is 0 Å². The predicted molar refractivity (Wildman–Crippen MR) is 119 cm³/mol. The van der Waals surface area contributed by atoms with E-state index in [0.29, 0.717) is 0 Å². The molecule has 0 aromatic carbocycles. The molecule has 1 unspecified atom stereocenters. The van der Waals surface area contributed by atoms with Crippen molar-refractivity contribution in [2.45, 2.75) is 31.9 Å². The number of aliphatic carboxylic acids is 2. The molecule has 0 amide bonds. The summed E-state index contributed by atoms with van der Waals surface area (Å²) in [5.74, 6) is -4.47. The Balaban J connectivity index is 0.000000301. The van der Waals surface area contributed by atoms with Crippen LogP contribution < -0.4 is 0 Å². The predicted octanol–water partition coefficient (Wildman–Crippen LogP) is 3.67. The fourth-order valence-corrected chi connectivity index (χ4v) is 3.97. The van der Waals surface area contributed by atoms with Gasteiger partial charge in [-0.05, 0) is 37.2 Å². The number of likely N-dealkylation sites (tertiary alicyclic amines) is 1. The van der Waals surface area contributed by atoms with Gasteiger partial charge in [-0.3, -0.25) is 14.8 Å². The van der Waals surface area contributed by atoms with Gasteiger partial charge >= 0.3 is 24.3 Å². The number of halogens is 6. The monoisotopic (exact) mass is 555 g/mol. The molecule has 4 rings (SSSR count). The van der Waals surface area contributed by atoms with E-state index in [1.54, 1.807) is 6.26 Å². The van der Waals surface area contributed by atoms with Crippen LogP contribution in [0.5, 0.6) is 0 Å². The number of pyridine rings is 1. The molecule has 212 valence electrons. The van der Waals surface area contributed by atoms with Gasteiger partial charge in [-0.2, -0.15) is 26.3 Å². The molecule has 0 radical (unpaired) electrons. The lowest BCUT2D eigenvalue weighted by molar-refractivity contribution is -0.193. The number of carbonyl (C=O) groups is 2. The van der Waals surface area contributed by atoms with Crippen molar-refractivity contribution in [3.63, 3.8) is 0 Å². The molecule has 1 atom stereocenters. The highest BCUT2D eigenvalue weighted by Gasteiger charge is 2.41. The fraction of sp³-hybridized carbons (Fsp3) is 0.522. The van der Waals surface area contributed by atoms with Gasteiger partial charge in [0.05, 0.1) is 31.7 Å². The van der Waals surface area contributed by atoms with E-state index in [0.717, 1.165) is 63.9 Å². The van der Waals surface area contributed by atoms with Gasteiger partial charge in [0.25, 0.3) is 0 Å². The number of aromatic nitrogens is 1. The normalized spacial score (nSPS) is 20.6. The van der Waals surface area contributed by atoms with Crippen LogP contribution in [0.15, 0.2) is 47.2 Å². The van der Waals surface area contributed by atoms with Gasteiger partial charge in [0.1, 0.15) is 5.76 Å². The lowest BCUT2D eigenvalue weighted by Crippen LogP contribution is -2.40. The lowest BCUT2D eigenvalue weighted by atomic mass is 9.87. The van der Waals surface area contributed by atoms with E-state index in [2.05, 4.69) is 33.0 Å². The van der Waals surface area contributed by atoms with Crippen LogP contribution in [0, 0.1) is 5.41 Å². The first-order chi connectivity index (χ1) is 17.7. The highest BCUT2D eigenvalue weighted by atomic mass is 19.4. The van der Waals surface area contributed by atoms with Crippen LogP contribution in [0.3, 0.4) is 0 Å². The third kappa shape index (κ3) is 10.7. The molecule has 0 aliphatic carbocycles. The smallest absolute Gasteiger partial charge is 0.475 e. The van der Waals surface area contributed by atoms with Crippen molar-refractivity contribution in [1.29, 1.82) is 0 Å². The van der Waals surface area contributed by atoms with Crippen molar-refractivity contribution >= 4 is 11.9 Å². The number of alkyl halides is 6. The van der Waals surface area contributed by atoms with Crippen molar-refractivity contribution < 1.29 is 55.3 Å². The third-order valence-corrected chi connectivity index (χ3v) is 5.59. The number of carboxylic acid groups (broad SMARTS) is 2. The summed E-state index contributed by atoms with van der Waals surface area (Å²) in [6, 6.07) is 10.2. The average Bonchev–Trinajstić information content (AvgIpc) is 3.42. The molecule has 2 N–H and O–H groups in total. The Hall–Kier alpha value is -3.17. The average molecular weight is 555 g/mol. The van der Waals surface area contributed by atoms with E-state index in [9.17, 15) is 26.3 Å². The summed E-state index contributed by atoms with van der Waals surface area (Å²) < 4.78 is 74.9. The SMILES string of the molecule is O=C(O)C(F)(F)F.O=C(O)C(F)(F)F.c1ccc(CN2CCOCC3(CCN(Cc4ccco4)C3)C2)nc1. The van der Waals surface area contributed by atoms with E-state index in [4.69, 9.17) is 29.0 Å². The minimum Gasteiger partial charge on any atom is -0.475 e. The molecule has 0 saturated carbocycles. The summed E-state index contributed by atoms with van der Waals surface area (Å²) >= 11 is 0. The van der Waals surface area contributed by atoms with Crippen molar-refractivity contribution in [2.24, 2.45) is 5.41 Å². The first-order valence-corrected chi connectivity index (χ1v) is 11.3. The van der Waals surface area contributed by atoms with E-state index in [-0.39, 0.29) is 5.41 Å². The van der Waals surface area contributed by atoms with Gasteiger partial charge in [-0.25, -0.2) is 9.59 Å². The Labute approximate surface area is 213 Å². The Morgan fingerprint density at radius 2 is 1.53 bits per heavy atom. The number of hydrogen-bond donors (Lipinski definition) is 2. The van der Waals surface area contributed by atoms with Crippen LogP contribution in [0.2, 0.25) is 0 Å². The van der Waals surface area contributed by atoms with Crippen molar-refractivity contribution in [3.8, 4) is 0 Å². The Morgan fingerprint density at radius 1 is 0.921 bits per heavy atom. The quantitative estimate of drug-likeness (QED) is 0.546. The van der Waals surface area contributed by atoms with E-state index in [1.807, 2.05) is 18.3 Å². The molecule has 1 spiro atoms. The zero-order valence-corrected chi connectivity index (χ0v) is 20.0. The molecular formula is C23H27F6N3O6. The summed E-state index contributed by atoms with van der Waals surface area (Å²) in [6.45, 7) is 7.73. The molecule has 2 aromatic heterocycles. The molecule has 9 nitrogen and oxygen atoms in total. The molecular weight excluding hydrogens is 528 g/mol. The topological polar surface area (TPSA) is 116 Å². The van der Waals surface area contributed by atoms with Crippen LogP contribution in [-0.2, 0) is 27.4 Å². The first kappa shape index (κ1) is 31.1. The van der Waals surface area contributed by atoms with E-state index in [1.165, 1.54) is 6.42 Å². The summed E-state index contributed by atoms with van der Waals surface area (Å²) in [4.78, 5) is 27.3. The highest BCUT2D eigenvalue weighted by Crippen LogP contribution is 2.34. The Kier molecular flexibility index (Phi) is 11.1. The molecule has 15 heteroatoms. The number of furan rings is 1. The van der Waals surface area contributed by atoms with Crippen LogP contribution >= 0.6 is 0 Å². The number of nitrogens with zero attached hydrogens (tertiary/aromatic N) is 3. The van der Waals surface area contributed by atoms with Crippen LogP contribution in [0.1, 0.15) is 17.9 Å². The Bertz CT molecular complexity index is 979. The lowest BCUT2D eigenvalue weighted by Gasteiger charge is -2.31. The zero-order valence-electron chi connectivity index (χ0n) is 20.0. The highest BCUT2D eigenvalue weighted by molar-refractivity contribution is 5.73. The van der Waals surface area contributed by atoms with Crippen LogP contribution in [0.25, 0.3) is 0 Å². The summed E-state index contributed by atoms with van der Waals surface area (Å²) in [7, 11) is 0. The second kappa shape index (κ2) is 13.6.